The van der Waals surface area contributed by atoms with Crippen molar-refractivity contribution in [2.24, 2.45) is 0 Å². The van der Waals surface area contributed by atoms with E-state index in [1.807, 2.05) is 4.90 Å². The summed E-state index contributed by atoms with van der Waals surface area (Å²) in [6.07, 6.45) is -3.91. The van der Waals surface area contributed by atoms with Gasteiger partial charge in [-0.15, -0.1) is 0 Å². The Hall–Kier alpha value is -4.20. The zero-order valence-corrected chi connectivity index (χ0v) is 31.0. The molecule has 17 nitrogen and oxygen atoms in total. The minimum atomic E-state index is -2.26. The summed E-state index contributed by atoms with van der Waals surface area (Å²) < 4.78 is 29.0. The van der Waals surface area contributed by atoms with E-state index in [4.69, 9.17) is 23.7 Å². The van der Waals surface area contributed by atoms with Crippen LogP contribution in [0.4, 0.5) is 0 Å². The van der Waals surface area contributed by atoms with Crippen LogP contribution in [0.2, 0.25) is 0 Å². The molecular formula is C38H48N4O13. The van der Waals surface area contributed by atoms with Crippen LogP contribution in [0.5, 0.6) is 17.2 Å². The second-order valence-electron chi connectivity index (χ2n) is 14.7. The number of phenols is 2. The summed E-state index contributed by atoms with van der Waals surface area (Å²) in [4.78, 5) is 56.3. The summed E-state index contributed by atoms with van der Waals surface area (Å²) in [6.45, 7) is 3.69. The Morgan fingerprint density at radius 1 is 1.05 bits per heavy atom. The first-order valence-electron chi connectivity index (χ1n) is 18.6. The molecule has 0 saturated carbocycles. The van der Waals surface area contributed by atoms with Crippen molar-refractivity contribution >= 4 is 23.4 Å². The molecule has 3 aliphatic heterocycles. The maximum absolute atomic E-state index is 14.1. The van der Waals surface area contributed by atoms with Crippen molar-refractivity contribution in [1.29, 1.82) is 0 Å². The minimum Gasteiger partial charge on any atom is -0.507 e. The highest BCUT2D eigenvalue weighted by Gasteiger charge is 2.51. The van der Waals surface area contributed by atoms with Crippen LogP contribution in [0, 0.1) is 0 Å². The van der Waals surface area contributed by atoms with Crippen LogP contribution in [-0.4, -0.2) is 145 Å². The molecular weight excluding hydrogens is 720 g/mol. The molecule has 0 unspecified atom stereocenters. The molecule has 2 aliphatic carbocycles. The Morgan fingerprint density at radius 3 is 2.55 bits per heavy atom. The number of fused-ring (bicyclic) bond motifs is 3. The van der Waals surface area contributed by atoms with Crippen molar-refractivity contribution in [3.05, 3.63) is 51.6 Å². The average Bonchev–Trinajstić information content (AvgIpc) is 3.73. The van der Waals surface area contributed by atoms with Crippen molar-refractivity contribution in [2.75, 3.05) is 53.6 Å². The Morgan fingerprint density at radius 2 is 1.82 bits per heavy atom. The number of rotatable bonds is 10. The first-order valence-corrected chi connectivity index (χ1v) is 18.6. The molecule has 2 aromatic carbocycles. The minimum absolute atomic E-state index is 0.0319. The molecule has 7 N–H and O–H groups in total. The van der Waals surface area contributed by atoms with E-state index in [0.29, 0.717) is 26.1 Å². The molecule has 5 aliphatic rings. The number of methoxy groups -OCH3 is 2. The monoisotopic (exact) mass is 768 g/mol. The third kappa shape index (κ3) is 7.19. The fourth-order valence-corrected chi connectivity index (χ4v) is 8.51. The highest BCUT2D eigenvalue weighted by Crippen LogP contribution is 2.52. The number of ether oxygens (including phenoxy) is 5. The number of hydrogen-bond acceptors (Lipinski definition) is 15. The van der Waals surface area contributed by atoms with Crippen molar-refractivity contribution < 1.29 is 63.3 Å². The van der Waals surface area contributed by atoms with Gasteiger partial charge in [0.25, 0.3) is 5.91 Å². The number of hydrogen-bond donors (Lipinski definition) is 7. The van der Waals surface area contributed by atoms with E-state index in [1.165, 1.54) is 32.4 Å². The van der Waals surface area contributed by atoms with Crippen molar-refractivity contribution in [3.8, 4) is 17.2 Å². The number of nitrogens with zero attached hydrogens (tertiary/aromatic N) is 1. The second kappa shape index (κ2) is 15.7. The van der Waals surface area contributed by atoms with Crippen LogP contribution >= 0.6 is 0 Å². The number of phenolic OH excluding ortho intramolecular Hbond substituents is 2. The number of morpholine rings is 1. The number of nitrogens with one attached hydrogen (secondary N) is 3. The van der Waals surface area contributed by atoms with Crippen molar-refractivity contribution in [1.82, 2.24) is 20.9 Å². The normalized spacial score (nSPS) is 30.6. The van der Waals surface area contributed by atoms with E-state index in [2.05, 4.69) is 16.0 Å². The number of ketones is 2. The van der Waals surface area contributed by atoms with Crippen LogP contribution < -0.4 is 20.7 Å². The molecule has 0 radical (unpaired) electrons. The predicted octanol–water partition coefficient (Wildman–Crippen LogP) is -0.230. The summed E-state index contributed by atoms with van der Waals surface area (Å²) in [5, 5.41) is 55.6. The first kappa shape index (κ1) is 39.1. The summed E-state index contributed by atoms with van der Waals surface area (Å²) in [5.41, 5.74) is -3.57. The lowest BCUT2D eigenvalue weighted by atomic mass is 9.72. The quantitative estimate of drug-likeness (QED) is 0.104. The lowest BCUT2D eigenvalue weighted by Gasteiger charge is -2.47. The van der Waals surface area contributed by atoms with Gasteiger partial charge in [-0.25, -0.2) is 0 Å². The van der Waals surface area contributed by atoms with Crippen LogP contribution in [0.3, 0.4) is 0 Å². The summed E-state index contributed by atoms with van der Waals surface area (Å²) in [6, 6.07) is 3.63. The molecule has 55 heavy (non-hydrogen) atoms. The molecule has 7 rings (SSSR count). The lowest BCUT2D eigenvalue weighted by Crippen LogP contribution is -2.59. The number of aliphatic hydroxyl groups excluding tert-OH is 1. The van der Waals surface area contributed by atoms with E-state index in [1.54, 1.807) is 6.92 Å². The molecule has 0 aromatic heterocycles. The molecule has 0 spiro atoms. The topological polar surface area (TPSA) is 235 Å². The second-order valence-corrected chi connectivity index (χ2v) is 14.7. The van der Waals surface area contributed by atoms with Gasteiger partial charge in [0, 0.05) is 75.3 Å². The van der Waals surface area contributed by atoms with Gasteiger partial charge in [0.05, 0.1) is 54.8 Å². The highest BCUT2D eigenvalue weighted by atomic mass is 16.7. The number of aliphatic hydroxyl groups is 2. The first-order chi connectivity index (χ1) is 26.4. The molecule has 8 atom stereocenters. The molecule has 17 heteroatoms. The highest BCUT2D eigenvalue weighted by molar-refractivity contribution is 6.31. The molecule has 3 heterocycles. The molecule has 3 saturated heterocycles. The van der Waals surface area contributed by atoms with E-state index in [9.17, 15) is 39.6 Å². The Balaban J connectivity index is 1.22. The van der Waals surface area contributed by atoms with Gasteiger partial charge in [-0.05, 0) is 32.4 Å². The van der Waals surface area contributed by atoms with Crippen LogP contribution in [0.1, 0.15) is 81.7 Å². The number of carbonyl (C=O) groups excluding carboxylic acids is 4. The number of aromatic hydroxyl groups is 2. The van der Waals surface area contributed by atoms with E-state index in [-0.39, 0.29) is 59.5 Å². The smallest absolute Gasteiger partial charge is 0.252 e. The Kier molecular flexibility index (Phi) is 11.2. The standard InChI is InChI=1S/C38H48N4O13/c1-18-31(43)22(42-12-13-53-26(17-42)52-3)14-25(54-18)55-24-16-38(50,37(49)41-11-10-40-36(48)21-7-5-9-39-21)15-20-28(24)35(47)30-29(33(20)45)32(44)19-6-4-8-23(51-2)27(19)34(30)46/h4,6,8,18,21-22,24-26,31,39,43,45,47,50H,5,7,9-17H2,1-3H3,(H,40,48)(H,41,49)/t18-,21-,22-,24-,25-,26-,31+,38-/m0/s1. The third-order valence-corrected chi connectivity index (χ3v) is 11.4. The zero-order valence-electron chi connectivity index (χ0n) is 31.0. The zero-order chi connectivity index (χ0) is 39.2. The van der Waals surface area contributed by atoms with Gasteiger partial charge < -0.3 is 60.1 Å². The van der Waals surface area contributed by atoms with Gasteiger partial charge >= 0.3 is 0 Å². The van der Waals surface area contributed by atoms with E-state index in [0.717, 1.165) is 13.0 Å². The maximum atomic E-state index is 14.1. The molecule has 3 fully saturated rings. The fourth-order valence-electron chi connectivity index (χ4n) is 8.51. The van der Waals surface area contributed by atoms with E-state index >= 15 is 0 Å². The Labute approximate surface area is 317 Å². The van der Waals surface area contributed by atoms with Gasteiger partial charge in [-0.3, -0.25) is 24.1 Å². The van der Waals surface area contributed by atoms with Gasteiger partial charge in [-0.1, -0.05) is 12.1 Å². The summed E-state index contributed by atoms with van der Waals surface area (Å²) >= 11 is 0. The fraction of sp³-hybridized carbons (Fsp3) is 0.579. The Bertz CT molecular complexity index is 1850. The van der Waals surface area contributed by atoms with Crippen LogP contribution in [0.25, 0.3) is 0 Å². The summed E-state index contributed by atoms with van der Waals surface area (Å²) in [5.74, 6) is -3.81. The largest absolute Gasteiger partial charge is 0.507 e. The molecule has 298 valence electrons. The van der Waals surface area contributed by atoms with Crippen LogP contribution in [0.15, 0.2) is 18.2 Å². The van der Waals surface area contributed by atoms with Gasteiger partial charge in [0.15, 0.2) is 18.4 Å². The summed E-state index contributed by atoms with van der Waals surface area (Å²) in [7, 11) is 2.86. The third-order valence-electron chi connectivity index (χ3n) is 11.4. The van der Waals surface area contributed by atoms with Gasteiger partial charge in [-0.2, -0.15) is 0 Å². The SMILES string of the molecule is COc1cccc2c1C(=O)c1c(O)c3c(c(O)c1C2=O)C[C@@](O)(C(=O)NCCNC(=O)[C@@H]1CCCN1)C[C@@H]3O[C@H]1C[C@H](N2CCO[C@H](OC)C2)[C@H](O)[C@H](C)O1. The average molecular weight is 769 g/mol. The van der Waals surface area contributed by atoms with Gasteiger partial charge in [0.2, 0.25) is 11.7 Å². The molecule has 2 amide bonds. The van der Waals surface area contributed by atoms with Gasteiger partial charge in [0.1, 0.15) is 22.8 Å². The van der Waals surface area contributed by atoms with Crippen molar-refractivity contribution in [3.63, 3.8) is 0 Å². The predicted molar refractivity (Wildman–Crippen MR) is 191 cm³/mol. The molecule has 0 bridgehead atoms. The number of amides is 2. The number of carbonyl (C=O) groups is 4. The van der Waals surface area contributed by atoms with Crippen molar-refractivity contribution in [2.45, 2.75) is 87.6 Å². The van der Waals surface area contributed by atoms with E-state index < -0.39 is 95.5 Å². The van der Waals surface area contributed by atoms with Crippen LogP contribution in [-0.2, 0) is 35.0 Å². The molecule has 2 aromatic rings. The number of benzene rings is 2. The lowest BCUT2D eigenvalue weighted by molar-refractivity contribution is -0.266. The maximum Gasteiger partial charge on any atom is 0.252 e.